The lowest BCUT2D eigenvalue weighted by atomic mass is 10.1. The van der Waals surface area contributed by atoms with Gasteiger partial charge in [-0.05, 0) is 24.6 Å². The number of benzene rings is 1. The molecular weight excluding hydrogens is 216 g/mol. The van der Waals surface area contributed by atoms with Gasteiger partial charge in [-0.25, -0.2) is 0 Å². The molecule has 0 amide bonds. The van der Waals surface area contributed by atoms with Gasteiger partial charge < -0.3 is 15.4 Å². The topological polar surface area (TPSA) is 72.3 Å². The Balaban J connectivity index is 2.66. The fraction of sp³-hybridized carbons (Fsp3) is 0.100. The first-order chi connectivity index (χ1) is 7.09. The average Bonchev–Trinajstić information content (AvgIpc) is 2.59. The Labute approximate surface area is 91.3 Å². The van der Waals surface area contributed by atoms with Gasteiger partial charge in [0.1, 0.15) is 5.75 Å². The zero-order valence-corrected chi connectivity index (χ0v) is 8.75. The molecule has 0 aliphatic carbocycles. The minimum Gasteiger partial charge on any atom is -0.507 e. The number of nitrogens with two attached hydrogens (primary N) is 1. The van der Waals surface area contributed by atoms with E-state index in [1.54, 1.807) is 19.1 Å². The molecule has 4 nitrogen and oxygen atoms in total. The van der Waals surface area contributed by atoms with Gasteiger partial charge in [-0.2, -0.15) is 0 Å². The molecule has 0 aliphatic rings. The molecule has 2 aromatic rings. The first-order valence-electron chi connectivity index (χ1n) is 4.30. The van der Waals surface area contributed by atoms with E-state index < -0.39 is 0 Å². The second-order valence-corrected chi connectivity index (χ2v) is 3.59. The van der Waals surface area contributed by atoms with Crippen LogP contribution in [0.4, 0.5) is 5.82 Å². The summed E-state index contributed by atoms with van der Waals surface area (Å²) in [6, 6.07) is 4.66. The molecule has 0 fully saturated rings. The Bertz CT molecular complexity index is 508. The number of hydrogen-bond acceptors (Lipinski definition) is 4. The number of nitrogen functional groups attached to an aromatic ring is 1. The predicted molar refractivity (Wildman–Crippen MR) is 57.8 cm³/mol. The summed E-state index contributed by atoms with van der Waals surface area (Å²) < 4.78 is 4.97. The van der Waals surface area contributed by atoms with Crippen LogP contribution in [-0.2, 0) is 0 Å². The van der Waals surface area contributed by atoms with E-state index in [1.165, 1.54) is 6.07 Å². The molecule has 0 saturated heterocycles. The molecule has 0 bridgehead atoms. The van der Waals surface area contributed by atoms with E-state index in [-0.39, 0.29) is 11.6 Å². The summed E-state index contributed by atoms with van der Waals surface area (Å²) in [5.41, 5.74) is 6.68. The molecule has 5 heteroatoms. The Morgan fingerprint density at radius 1 is 1.47 bits per heavy atom. The number of halogens is 1. The van der Waals surface area contributed by atoms with Gasteiger partial charge in [0.05, 0.1) is 5.56 Å². The van der Waals surface area contributed by atoms with Gasteiger partial charge in [-0.1, -0.05) is 16.8 Å². The van der Waals surface area contributed by atoms with E-state index in [9.17, 15) is 5.11 Å². The molecular formula is C10H9ClN2O2. The van der Waals surface area contributed by atoms with Gasteiger partial charge in [0.2, 0.25) is 0 Å². The normalized spacial score (nSPS) is 10.5. The fourth-order valence-electron chi connectivity index (χ4n) is 1.39. The fourth-order valence-corrected chi connectivity index (χ4v) is 1.55. The third-order valence-electron chi connectivity index (χ3n) is 2.15. The first kappa shape index (κ1) is 9.86. The number of phenols is 1. The van der Waals surface area contributed by atoms with Crippen LogP contribution in [0, 0.1) is 6.92 Å². The Hall–Kier alpha value is -1.68. The minimum atomic E-state index is 0.0908. The number of rotatable bonds is 1. The lowest BCUT2D eigenvalue weighted by Gasteiger charge is -2.05. The average molecular weight is 225 g/mol. The summed E-state index contributed by atoms with van der Waals surface area (Å²) in [5.74, 6) is 0.766. The molecule has 2 rings (SSSR count). The third-order valence-corrected chi connectivity index (χ3v) is 2.56. The van der Waals surface area contributed by atoms with Crippen molar-refractivity contribution < 1.29 is 9.63 Å². The van der Waals surface area contributed by atoms with E-state index >= 15 is 0 Å². The lowest BCUT2D eigenvalue weighted by molar-refractivity contribution is 0.429. The summed E-state index contributed by atoms with van der Waals surface area (Å²) in [7, 11) is 0. The van der Waals surface area contributed by atoms with Crippen molar-refractivity contribution in [3.63, 3.8) is 0 Å². The van der Waals surface area contributed by atoms with Crippen molar-refractivity contribution in [3.05, 3.63) is 28.8 Å². The number of hydrogen-bond donors (Lipinski definition) is 2. The van der Waals surface area contributed by atoms with E-state index in [1.807, 2.05) is 0 Å². The number of phenolic OH excluding ortho intramolecular Hbond substituents is 1. The van der Waals surface area contributed by atoms with Crippen molar-refractivity contribution in [1.29, 1.82) is 0 Å². The Kier molecular flexibility index (Phi) is 2.28. The summed E-state index contributed by atoms with van der Waals surface area (Å²) >= 11 is 5.94. The van der Waals surface area contributed by atoms with Crippen molar-refractivity contribution in [2.45, 2.75) is 6.92 Å². The Morgan fingerprint density at radius 2 is 2.20 bits per heavy atom. The molecule has 78 valence electrons. The van der Waals surface area contributed by atoms with Crippen molar-refractivity contribution in [1.82, 2.24) is 5.16 Å². The number of nitrogens with zero attached hydrogens (tertiary/aromatic N) is 1. The molecule has 0 aliphatic heterocycles. The number of aromatic hydroxyl groups is 1. The molecule has 15 heavy (non-hydrogen) atoms. The molecule has 0 saturated carbocycles. The molecule has 0 spiro atoms. The van der Waals surface area contributed by atoms with Crippen LogP contribution in [0.5, 0.6) is 5.75 Å². The molecule has 0 radical (unpaired) electrons. The van der Waals surface area contributed by atoms with Crippen molar-refractivity contribution >= 4 is 17.4 Å². The maximum Gasteiger partial charge on any atom is 0.173 e. The highest BCUT2D eigenvalue weighted by Gasteiger charge is 2.14. The summed E-state index contributed by atoms with van der Waals surface area (Å²) in [6.07, 6.45) is 0. The SMILES string of the molecule is Cc1c(Cl)ccc(O)c1-c1cc(N)no1. The van der Waals surface area contributed by atoms with Gasteiger partial charge in [0.25, 0.3) is 0 Å². The van der Waals surface area contributed by atoms with Gasteiger partial charge in [-0.15, -0.1) is 0 Å². The van der Waals surface area contributed by atoms with Gasteiger partial charge in [-0.3, -0.25) is 0 Å². The van der Waals surface area contributed by atoms with Crippen molar-refractivity contribution in [2.75, 3.05) is 5.73 Å². The quantitative estimate of drug-likeness (QED) is 0.781. The van der Waals surface area contributed by atoms with Crippen LogP contribution in [0.25, 0.3) is 11.3 Å². The summed E-state index contributed by atoms with van der Waals surface area (Å²) in [5, 5.41) is 13.8. The van der Waals surface area contributed by atoms with Crippen LogP contribution >= 0.6 is 11.6 Å². The maximum atomic E-state index is 9.69. The minimum absolute atomic E-state index is 0.0908. The first-order valence-corrected chi connectivity index (χ1v) is 4.68. The molecule has 3 N–H and O–H groups in total. The smallest absolute Gasteiger partial charge is 0.173 e. The second kappa shape index (κ2) is 3.47. The molecule has 1 aromatic heterocycles. The van der Waals surface area contributed by atoms with Crippen LogP contribution < -0.4 is 5.73 Å². The lowest BCUT2D eigenvalue weighted by Crippen LogP contribution is -1.84. The monoisotopic (exact) mass is 224 g/mol. The highest BCUT2D eigenvalue weighted by Crippen LogP contribution is 2.36. The van der Waals surface area contributed by atoms with Crippen molar-refractivity contribution in [3.8, 4) is 17.1 Å². The highest BCUT2D eigenvalue weighted by molar-refractivity contribution is 6.31. The largest absolute Gasteiger partial charge is 0.507 e. The Morgan fingerprint density at radius 3 is 2.80 bits per heavy atom. The van der Waals surface area contributed by atoms with Crippen LogP contribution in [0.3, 0.4) is 0 Å². The number of anilines is 1. The second-order valence-electron chi connectivity index (χ2n) is 3.18. The van der Waals surface area contributed by atoms with Crippen LogP contribution in [0.1, 0.15) is 5.56 Å². The van der Waals surface area contributed by atoms with Crippen LogP contribution in [0.2, 0.25) is 5.02 Å². The van der Waals surface area contributed by atoms with E-state index in [0.717, 1.165) is 5.56 Å². The van der Waals surface area contributed by atoms with E-state index in [0.29, 0.717) is 16.3 Å². The molecule has 1 heterocycles. The molecule has 1 aromatic carbocycles. The predicted octanol–water partition coefficient (Wildman–Crippen LogP) is 2.59. The molecule has 0 atom stereocenters. The van der Waals surface area contributed by atoms with Crippen LogP contribution in [-0.4, -0.2) is 10.3 Å². The zero-order valence-electron chi connectivity index (χ0n) is 7.99. The van der Waals surface area contributed by atoms with Gasteiger partial charge >= 0.3 is 0 Å². The highest BCUT2D eigenvalue weighted by atomic mass is 35.5. The summed E-state index contributed by atoms with van der Waals surface area (Å²) in [4.78, 5) is 0. The van der Waals surface area contributed by atoms with Crippen molar-refractivity contribution in [2.24, 2.45) is 0 Å². The molecule has 0 unspecified atom stereocenters. The van der Waals surface area contributed by atoms with E-state index in [4.69, 9.17) is 21.9 Å². The summed E-state index contributed by atoms with van der Waals surface area (Å²) in [6.45, 7) is 1.79. The number of aromatic nitrogens is 1. The van der Waals surface area contributed by atoms with Crippen LogP contribution in [0.15, 0.2) is 22.7 Å². The standard InChI is InChI=1S/C10H9ClN2O2/c1-5-6(11)2-3-7(14)10(5)8-4-9(12)13-15-8/h2-4,14H,1H3,(H2,12,13). The zero-order chi connectivity index (χ0) is 11.0. The third kappa shape index (κ3) is 1.64. The van der Waals surface area contributed by atoms with Gasteiger partial charge in [0, 0.05) is 11.1 Å². The van der Waals surface area contributed by atoms with Gasteiger partial charge in [0.15, 0.2) is 11.6 Å². The van der Waals surface area contributed by atoms with E-state index in [2.05, 4.69) is 5.16 Å². The maximum absolute atomic E-state index is 9.69.